The van der Waals surface area contributed by atoms with Crippen molar-refractivity contribution < 1.29 is 9.22 Å². The Morgan fingerprint density at radius 1 is 1.26 bits per heavy atom. The first-order valence-electron chi connectivity index (χ1n) is 6.64. The number of carbonyl (C=O) groups is 1. The second kappa shape index (κ2) is 5.88. The summed E-state index contributed by atoms with van der Waals surface area (Å²) in [5.41, 5.74) is 6.57. The van der Waals surface area contributed by atoms with Gasteiger partial charge in [0.05, 0.1) is 0 Å². The lowest BCUT2D eigenvalue weighted by Crippen LogP contribution is -2.48. The van der Waals surface area contributed by atoms with Gasteiger partial charge in [0.1, 0.15) is 6.10 Å². The van der Waals surface area contributed by atoms with Gasteiger partial charge in [-0.2, -0.15) is 0 Å². The predicted octanol–water partition coefficient (Wildman–Crippen LogP) is 3.10. The van der Waals surface area contributed by atoms with Crippen molar-refractivity contribution in [2.45, 2.75) is 51.4 Å². The van der Waals surface area contributed by atoms with E-state index in [1.807, 2.05) is 30.3 Å². The zero-order chi connectivity index (χ0) is 14.7. The highest BCUT2D eigenvalue weighted by atomic mass is 28.4. The average Bonchev–Trinajstić information content (AvgIpc) is 2.27. The van der Waals surface area contributed by atoms with Crippen LogP contribution in [0.1, 0.15) is 26.3 Å². The third-order valence-electron chi connectivity index (χ3n) is 3.82. The third-order valence-corrected chi connectivity index (χ3v) is 8.31. The molecule has 1 atom stereocenters. The Labute approximate surface area is 117 Å². The maximum Gasteiger partial charge on any atom is 0.245 e. The molecule has 1 amide bonds. The first-order chi connectivity index (χ1) is 8.63. The maximum atomic E-state index is 11.6. The minimum Gasteiger partial charge on any atom is -0.405 e. The normalized spacial score (nSPS) is 14.2. The van der Waals surface area contributed by atoms with Gasteiger partial charge in [-0.3, -0.25) is 4.79 Å². The first kappa shape index (κ1) is 15.9. The molecule has 0 aliphatic carbocycles. The minimum atomic E-state index is -1.99. The summed E-state index contributed by atoms with van der Waals surface area (Å²) in [4.78, 5) is 11.6. The number of amides is 1. The molecule has 1 rings (SSSR count). The summed E-state index contributed by atoms with van der Waals surface area (Å²) in [6.07, 6.45) is 0.00571. The highest BCUT2D eigenvalue weighted by molar-refractivity contribution is 6.74. The van der Waals surface area contributed by atoms with E-state index in [0.717, 1.165) is 5.56 Å². The Hall–Kier alpha value is -1.13. The molecule has 0 spiro atoms. The van der Waals surface area contributed by atoms with E-state index in [9.17, 15) is 4.79 Å². The first-order valence-corrected chi connectivity index (χ1v) is 9.55. The molecule has 0 unspecified atom stereocenters. The van der Waals surface area contributed by atoms with Crippen LogP contribution in [0.15, 0.2) is 30.3 Å². The maximum absolute atomic E-state index is 11.6. The van der Waals surface area contributed by atoms with Gasteiger partial charge in [-0.05, 0) is 23.7 Å². The molecule has 1 aromatic carbocycles. The number of primary amides is 1. The number of benzene rings is 1. The molecular weight excluding hydrogens is 254 g/mol. The van der Waals surface area contributed by atoms with Crippen LogP contribution in [0.3, 0.4) is 0 Å². The van der Waals surface area contributed by atoms with Gasteiger partial charge in [0, 0.05) is 6.42 Å². The van der Waals surface area contributed by atoms with Crippen LogP contribution in [0.2, 0.25) is 18.1 Å². The van der Waals surface area contributed by atoms with Crippen molar-refractivity contribution in [2.24, 2.45) is 5.73 Å². The van der Waals surface area contributed by atoms with E-state index in [4.69, 9.17) is 10.2 Å². The Bertz CT molecular complexity index is 424. The van der Waals surface area contributed by atoms with Crippen molar-refractivity contribution in [1.29, 1.82) is 0 Å². The van der Waals surface area contributed by atoms with E-state index in [0.29, 0.717) is 6.42 Å². The van der Waals surface area contributed by atoms with E-state index in [-0.39, 0.29) is 10.9 Å². The zero-order valence-electron chi connectivity index (χ0n) is 12.6. The number of rotatable bonds is 5. The number of nitrogens with two attached hydrogens (primary N) is 1. The van der Waals surface area contributed by atoms with Crippen molar-refractivity contribution in [3.63, 3.8) is 0 Å². The van der Waals surface area contributed by atoms with Gasteiger partial charge in [-0.1, -0.05) is 51.1 Å². The Balaban J connectivity index is 2.83. The summed E-state index contributed by atoms with van der Waals surface area (Å²) in [5, 5.41) is 0.0669. The quantitative estimate of drug-likeness (QED) is 0.842. The van der Waals surface area contributed by atoms with E-state index in [1.165, 1.54) is 0 Å². The van der Waals surface area contributed by atoms with E-state index in [1.54, 1.807) is 0 Å². The van der Waals surface area contributed by atoms with Crippen molar-refractivity contribution >= 4 is 14.2 Å². The summed E-state index contributed by atoms with van der Waals surface area (Å²) >= 11 is 0. The van der Waals surface area contributed by atoms with Crippen LogP contribution in [0, 0.1) is 0 Å². The van der Waals surface area contributed by atoms with E-state index >= 15 is 0 Å². The average molecular weight is 279 g/mol. The third kappa shape index (κ3) is 4.47. The standard InChI is InChI=1S/C15H25NO2Si/c1-15(2,3)19(4,5)18-13(14(16)17)11-12-9-7-6-8-10-12/h6-10,13H,11H2,1-5H3,(H2,16,17)/t13-/m0/s1. The van der Waals surface area contributed by atoms with Crippen molar-refractivity contribution in [3.05, 3.63) is 35.9 Å². The summed E-state index contributed by atoms with van der Waals surface area (Å²) in [6, 6.07) is 9.85. The number of carbonyl (C=O) groups excluding carboxylic acids is 1. The fourth-order valence-corrected chi connectivity index (χ4v) is 2.83. The van der Waals surface area contributed by atoms with Gasteiger partial charge in [0.2, 0.25) is 5.91 Å². The lowest BCUT2D eigenvalue weighted by atomic mass is 10.1. The highest BCUT2D eigenvalue weighted by Crippen LogP contribution is 2.37. The molecule has 0 fully saturated rings. The minimum absolute atomic E-state index is 0.0669. The molecule has 0 heterocycles. The molecule has 0 saturated carbocycles. The van der Waals surface area contributed by atoms with Gasteiger partial charge in [-0.25, -0.2) is 0 Å². The van der Waals surface area contributed by atoms with Crippen molar-refractivity contribution in [2.75, 3.05) is 0 Å². The lowest BCUT2D eigenvalue weighted by Gasteiger charge is -2.38. The smallest absolute Gasteiger partial charge is 0.245 e. The van der Waals surface area contributed by atoms with Crippen molar-refractivity contribution in [1.82, 2.24) is 0 Å². The molecule has 0 radical (unpaired) electrons. The SMILES string of the molecule is CC(C)(C)[Si](C)(C)O[C@@H](Cc1ccccc1)C(N)=O. The topological polar surface area (TPSA) is 52.3 Å². The van der Waals surface area contributed by atoms with Crippen LogP contribution >= 0.6 is 0 Å². The molecule has 106 valence electrons. The van der Waals surface area contributed by atoms with Gasteiger partial charge < -0.3 is 10.2 Å². The van der Waals surface area contributed by atoms with Crippen LogP contribution in [-0.2, 0) is 15.6 Å². The number of hydrogen-bond donors (Lipinski definition) is 1. The van der Waals surface area contributed by atoms with Gasteiger partial charge in [-0.15, -0.1) is 0 Å². The van der Waals surface area contributed by atoms with Gasteiger partial charge >= 0.3 is 0 Å². The van der Waals surface area contributed by atoms with Crippen LogP contribution in [0.4, 0.5) is 0 Å². The molecule has 1 aromatic rings. The summed E-state index contributed by atoms with van der Waals surface area (Å²) < 4.78 is 6.13. The fraction of sp³-hybridized carbons (Fsp3) is 0.533. The zero-order valence-corrected chi connectivity index (χ0v) is 13.6. The molecule has 4 heteroatoms. The molecule has 0 saturated heterocycles. The highest BCUT2D eigenvalue weighted by Gasteiger charge is 2.40. The van der Waals surface area contributed by atoms with E-state index in [2.05, 4.69) is 33.9 Å². The molecule has 0 bridgehead atoms. The second-order valence-corrected chi connectivity index (χ2v) is 11.2. The van der Waals surface area contributed by atoms with E-state index < -0.39 is 14.4 Å². The summed E-state index contributed by atoms with van der Waals surface area (Å²) in [6.45, 7) is 10.7. The van der Waals surface area contributed by atoms with Gasteiger partial charge in [0.25, 0.3) is 0 Å². The predicted molar refractivity (Wildman–Crippen MR) is 81.4 cm³/mol. The monoisotopic (exact) mass is 279 g/mol. The largest absolute Gasteiger partial charge is 0.405 e. The van der Waals surface area contributed by atoms with Gasteiger partial charge in [0.15, 0.2) is 8.32 Å². The molecule has 19 heavy (non-hydrogen) atoms. The van der Waals surface area contributed by atoms with Crippen LogP contribution in [0.25, 0.3) is 0 Å². The van der Waals surface area contributed by atoms with Crippen LogP contribution in [0.5, 0.6) is 0 Å². The Morgan fingerprint density at radius 2 is 1.79 bits per heavy atom. The van der Waals surface area contributed by atoms with Crippen LogP contribution < -0.4 is 5.73 Å². The molecule has 0 aromatic heterocycles. The Morgan fingerprint density at radius 3 is 2.21 bits per heavy atom. The molecule has 0 aliphatic heterocycles. The summed E-state index contributed by atoms with van der Waals surface area (Å²) in [7, 11) is -1.99. The van der Waals surface area contributed by atoms with Crippen LogP contribution in [-0.4, -0.2) is 20.3 Å². The second-order valence-electron chi connectivity index (χ2n) is 6.46. The number of hydrogen-bond acceptors (Lipinski definition) is 2. The molecule has 3 nitrogen and oxygen atoms in total. The fourth-order valence-electron chi connectivity index (χ4n) is 1.56. The Kier molecular flexibility index (Phi) is 4.93. The molecule has 2 N–H and O–H groups in total. The lowest BCUT2D eigenvalue weighted by molar-refractivity contribution is -0.125. The van der Waals surface area contributed by atoms with Crippen molar-refractivity contribution in [3.8, 4) is 0 Å². The summed E-state index contributed by atoms with van der Waals surface area (Å²) in [5.74, 6) is -0.381. The molecular formula is C15H25NO2Si. The molecule has 0 aliphatic rings.